The number of hydrogen-bond acceptors (Lipinski definition) is 3. The number of carboxylic acid groups (broad SMARTS) is 1. The molecule has 18 heavy (non-hydrogen) atoms. The molecule has 1 rings (SSSR count). The van der Waals surface area contributed by atoms with Gasteiger partial charge in [-0.15, -0.1) is 11.3 Å². The zero-order valence-corrected chi connectivity index (χ0v) is 12.0. The van der Waals surface area contributed by atoms with Crippen LogP contribution in [0.2, 0.25) is 0 Å². The Bertz CT molecular complexity index is 445. The van der Waals surface area contributed by atoms with E-state index in [2.05, 4.69) is 0 Å². The SMILES string of the molecule is Cc1ccc(C(=O)N(CCC(=O)O)C(C)(C)C)s1. The van der Waals surface area contributed by atoms with Gasteiger partial charge in [0.05, 0.1) is 11.3 Å². The Hall–Kier alpha value is -1.36. The number of carboxylic acids is 1. The highest BCUT2D eigenvalue weighted by Crippen LogP contribution is 2.22. The van der Waals surface area contributed by atoms with Crippen molar-refractivity contribution < 1.29 is 14.7 Å². The van der Waals surface area contributed by atoms with Gasteiger partial charge in [-0.1, -0.05) is 0 Å². The lowest BCUT2D eigenvalue weighted by atomic mass is 10.1. The Morgan fingerprint density at radius 2 is 1.94 bits per heavy atom. The molecule has 0 fully saturated rings. The fourth-order valence-corrected chi connectivity index (χ4v) is 2.45. The molecule has 0 aliphatic heterocycles. The molecule has 5 heteroatoms. The zero-order valence-electron chi connectivity index (χ0n) is 11.2. The normalized spacial score (nSPS) is 11.3. The van der Waals surface area contributed by atoms with Crippen LogP contribution in [0.4, 0.5) is 0 Å². The summed E-state index contributed by atoms with van der Waals surface area (Å²) in [5.41, 5.74) is -0.384. The van der Waals surface area contributed by atoms with Crippen molar-refractivity contribution in [1.29, 1.82) is 0 Å². The van der Waals surface area contributed by atoms with Crippen LogP contribution >= 0.6 is 11.3 Å². The maximum absolute atomic E-state index is 12.4. The molecule has 0 aliphatic rings. The predicted molar refractivity (Wildman–Crippen MR) is 72.1 cm³/mol. The number of aryl methyl sites for hydroxylation is 1. The van der Waals surface area contributed by atoms with E-state index < -0.39 is 5.97 Å². The third kappa shape index (κ3) is 3.84. The fourth-order valence-electron chi connectivity index (χ4n) is 1.63. The standard InChI is InChI=1S/C13H19NO3S/c1-9-5-6-10(18-9)12(17)14(13(2,3)4)8-7-11(15)16/h5-6H,7-8H2,1-4H3,(H,15,16). The summed E-state index contributed by atoms with van der Waals surface area (Å²) in [5.74, 6) is -0.985. The van der Waals surface area contributed by atoms with E-state index in [0.717, 1.165) is 4.88 Å². The molecule has 1 heterocycles. The van der Waals surface area contributed by atoms with E-state index >= 15 is 0 Å². The minimum atomic E-state index is -0.889. The van der Waals surface area contributed by atoms with Crippen LogP contribution < -0.4 is 0 Å². The van der Waals surface area contributed by atoms with Gasteiger partial charge < -0.3 is 10.0 Å². The van der Waals surface area contributed by atoms with Crippen molar-refractivity contribution >= 4 is 23.2 Å². The fraction of sp³-hybridized carbons (Fsp3) is 0.538. The molecular weight excluding hydrogens is 250 g/mol. The molecule has 0 spiro atoms. The summed E-state index contributed by atoms with van der Waals surface area (Å²) in [6.07, 6.45) is -0.0344. The van der Waals surface area contributed by atoms with Crippen LogP contribution in [0.3, 0.4) is 0 Å². The average Bonchev–Trinajstić information content (AvgIpc) is 2.62. The minimum absolute atomic E-state index is 0.0344. The van der Waals surface area contributed by atoms with E-state index in [1.165, 1.54) is 11.3 Å². The van der Waals surface area contributed by atoms with Crippen LogP contribution in [0, 0.1) is 6.92 Å². The van der Waals surface area contributed by atoms with Crippen molar-refractivity contribution in [1.82, 2.24) is 4.90 Å². The largest absolute Gasteiger partial charge is 0.481 e. The third-order valence-corrected chi connectivity index (χ3v) is 3.54. The molecular formula is C13H19NO3S. The molecule has 0 saturated heterocycles. The van der Waals surface area contributed by atoms with Gasteiger partial charge in [0.2, 0.25) is 0 Å². The van der Waals surface area contributed by atoms with Gasteiger partial charge >= 0.3 is 5.97 Å². The minimum Gasteiger partial charge on any atom is -0.481 e. The van der Waals surface area contributed by atoms with Crippen LogP contribution in [0.5, 0.6) is 0 Å². The Labute approximate surface area is 111 Å². The first-order chi connectivity index (χ1) is 8.21. The summed E-state index contributed by atoms with van der Waals surface area (Å²) in [6, 6.07) is 3.69. The summed E-state index contributed by atoms with van der Waals surface area (Å²) >= 11 is 1.44. The number of carbonyl (C=O) groups is 2. The first kappa shape index (κ1) is 14.7. The van der Waals surface area contributed by atoms with Crippen molar-refractivity contribution in [2.45, 2.75) is 39.7 Å². The predicted octanol–water partition coefficient (Wildman–Crippen LogP) is 2.77. The zero-order chi connectivity index (χ0) is 13.9. The van der Waals surface area contributed by atoms with Crippen LogP contribution in [-0.4, -0.2) is 34.0 Å². The molecule has 1 N–H and O–H groups in total. The lowest BCUT2D eigenvalue weighted by molar-refractivity contribution is -0.137. The lowest BCUT2D eigenvalue weighted by Crippen LogP contribution is -2.46. The third-order valence-electron chi connectivity index (χ3n) is 2.56. The summed E-state index contributed by atoms with van der Waals surface area (Å²) in [7, 11) is 0. The van der Waals surface area contributed by atoms with E-state index in [1.807, 2.05) is 33.8 Å². The molecule has 0 aliphatic carbocycles. The van der Waals surface area contributed by atoms with E-state index in [4.69, 9.17) is 5.11 Å². The van der Waals surface area contributed by atoms with Crippen molar-refractivity contribution in [3.8, 4) is 0 Å². The quantitative estimate of drug-likeness (QED) is 0.914. The monoisotopic (exact) mass is 269 g/mol. The van der Waals surface area contributed by atoms with Gasteiger partial charge in [0.1, 0.15) is 0 Å². The second-order valence-electron chi connectivity index (χ2n) is 5.18. The highest BCUT2D eigenvalue weighted by molar-refractivity contribution is 7.13. The Morgan fingerprint density at radius 3 is 2.33 bits per heavy atom. The van der Waals surface area contributed by atoms with Crippen molar-refractivity contribution in [3.63, 3.8) is 0 Å². The summed E-state index contributed by atoms with van der Waals surface area (Å²) < 4.78 is 0. The Morgan fingerprint density at radius 1 is 1.33 bits per heavy atom. The first-order valence-corrected chi connectivity index (χ1v) is 6.63. The molecule has 0 unspecified atom stereocenters. The smallest absolute Gasteiger partial charge is 0.305 e. The van der Waals surface area contributed by atoms with Crippen LogP contribution in [0.25, 0.3) is 0 Å². The Kier molecular flexibility index (Phi) is 4.51. The lowest BCUT2D eigenvalue weighted by Gasteiger charge is -2.35. The van der Waals surface area contributed by atoms with Crippen molar-refractivity contribution in [3.05, 3.63) is 21.9 Å². The van der Waals surface area contributed by atoms with Crippen molar-refractivity contribution in [2.24, 2.45) is 0 Å². The van der Waals surface area contributed by atoms with Crippen molar-refractivity contribution in [2.75, 3.05) is 6.54 Å². The van der Waals surface area contributed by atoms with Crippen LogP contribution in [0.15, 0.2) is 12.1 Å². The van der Waals surface area contributed by atoms with Gasteiger partial charge in [-0.2, -0.15) is 0 Å². The highest BCUT2D eigenvalue weighted by Gasteiger charge is 2.28. The van der Waals surface area contributed by atoms with E-state index in [-0.39, 0.29) is 24.4 Å². The number of hydrogen-bond donors (Lipinski definition) is 1. The van der Waals surface area contributed by atoms with E-state index in [1.54, 1.807) is 11.0 Å². The van der Waals surface area contributed by atoms with Gasteiger partial charge in [0.25, 0.3) is 5.91 Å². The molecule has 100 valence electrons. The number of rotatable bonds is 4. The second kappa shape index (κ2) is 5.52. The highest BCUT2D eigenvalue weighted by atomic mass is 32.1. The van der Waals surface area contributed by atoms with Crippen LogP contribution in [0.1, 0.15) is 41.7 Å². The van der Waals surface area contributed by atoms with Gasteiger partial charge in [-0.3, -0.25) is 9.59 Å². The van der Waals surface area contributed by atoms with Gasteiger partial charge in [0.15, 0.2) is 0 Å². The summed E-state index contributed by atoms with van der Waals surface area (Å²) in [5, 5.41) is 8.75. The number of nitrogens with zero attached hydrogens (tertiary/aromatic N) is 1. The van der Waals surface area contributed by atoms with Gasteiger partial charge in [-0.05, 0) is 39.8 Å². The molecule has 0 aromatic carbocycles. The second-order valence-corrected chi connectivity index (χ2v) is 6.47. The molecule has 1 aromatic heterocycles. The van der Waals surface area contributed by atoms with Gasteiger partial charge in [0, 0.05) is 17.0 Å². The first-order valence-electron chi connectivity index (χ1n) is 5.82. The molecule has 0 saturated carbocycles. The summed E-state index contributed by atoms with van der Waals surface area (Å²) in [6.45, 7) is 7.91. The number of carbonyl (C=O) groups excluding carboxylic acids is 1. The topological polar surface area (TPSA) is 57.6 Å². The molecule has 0 radical (unpaired) electrons. The molecule has 0 atom stereocenters. The maximum Gasteiger partial charge on any atom is 0.305 e. The Balaban J connectivity index is 2.89. The molecule has 1 aromatic rings. The summed E-state index contributed by atoms with van der Waals surface area (Å²) in [4.78, 5) is 26.4. The molecule has 4 nitrogen and oxygen atoms in total. The molecule has 0 bridgehead atoms. The van der Waals surface area contributed by atoms with E-state index in [9.17, 15) is 9.59 Å². The number of amides is 1. The number of thiophene rings is 1. The van der Waals surface area contributed by atoms with E-state index in [0.29, 0.717) is 4.88 Å². The average molecular weight is 269 g/mol. The molecule has 1 amide bonds. The maximum atomic E-state index is 12.4. The van der Waals surface area contributed by atoms with Crippen LogP contribution in [-0.2, 0) is 4.79 Å². The van der Waals surface area contributed by atoms with Gasteiger partial charge in [-0.25, -0.2) is 0 Å². The number of aliphatic carboxylic acids is 1.